The Morgan fingerprint density at radius 3 is 2.25 bits per heavy atom. The third-order valence-corrected chi connectivity index (χ3v) is 0.978. The first kappa shape index (κ1) is 8.10. The molecule has 0 atom stereocenters. The van der Waals surface area contributed by atoms with Crippen LogP contribution < -0.4 is 0 Å². The van der Waals surface area contributed by atoms with Gasteiger partial charge in [-0.1, -0.05) is 7.77 Å². The Morgan fingerprint density at radius 1 is 1.62 bits per heavy atom. The van der Waals surface area contributed by atoms with Crippen LogP contribution >= 0.6 is 11.6 Å². The third kappa shape index (κ3) is 6.10. The van der Waals surface area contributed by atoms with Gasteiger partial charge < -0.3 is 0 Å². The molecular formula is C2H4ClF2NOS. The second-order valence-electron chi connectivity index (χ2n) is 0.939. The predicted molar refractivity (Wildman–Crippen MR) is 28.4 cm³/mol. The molecular weight excluding hydrogens is 160 g/mol. The van der Waals surface area contributed by atoms with E-state index in [4.69, 9.17) is 11.6 Å². The van der Waals surface area contributed by atoms with Crippen molar-refractivity contribution in [3.63, 3.8) is 0 Å². The summed E-state index contributed by atoms with van der Waals surface area (Å²) in [6.45, 7) is -0.257. The lowest BCUT2D eigenvalue weighted by Crippen LogP contribution is -1.84. The first-order chi connectivity index (χ1) is 3.56. The molecule has 0 amide bonds. The molecule has 2 nitrogen and oxygen atoms in total. The largest absolute Gasteiger partial charge is 0.366 e. The number of nitrogens with zero attached hydrogens (tertiary/aromatic N) is 1. The van der Waals surface area contributed by atoms with E-state index in [-0.39, 0.29) is 12.4 Å². The van der Waals surface area contributed by atoms with E-state index in [9.17, 15) is 12.0 Å². The van der Waals surface area contributed by atoms with Gasteiger partial charge in [-0.15, -0.1) is 11.6 Å². The van der Waals surface area contributed by atoms with Crippen molar-refractivity contribution in [1.29, 1.82) is 0 Å². The molecule has 0 fully saturated rings. The van der Waals surface area contributed by atoms with Crippen LogP contribution in [0.3, 0.4) is 0 Å². The molecule has 0 saturated heterocycles. The number of hydrogen-bond acceptors (Lipinski definition) is 2. The van der Waals surface area contributed by atoms with E-state index in [1.807, 2.05) is 0 Å². The van der Waals surface area contributed by atoms with Crippen molar-refractivity contribution in [2.45, 2.75) is 0 Å². The van der Waals surface area contributed by atoms with Crippen LogP contribution in [0.4, 0.5) is 7.77 Å². The van der Waals surface area contributed by atoms with Gasteiger partial charge in [-0.2, -0.15) is 8.57 Å². The normalized spacial score (nSPS) is 11.4. The summed E-state index contributed by atoms with van der Waals surface area (Å²) >= 11 is 4.95. The lowest BCUT2D eigenvalue weighted by molar-refractivity contribution is 0.585. The van der Waals surface area contributed by atoms with Crippen molar-refractivity contribution in [3.8, 4) is 0 Å². The number of alkyl halides is 1. The fourth-order valence-electron chi connectivity index (χ4n) is 0.141. The summed E-state index contributed by atoms with van der Waals surface area (Å²) in [5.41, 5.74) is 0. The topological polar surface area (TPSA) is 29.4 Å². The van der Waals surface area contributed by atoms with Gasteiger partial charge in [-0.3, -0.25) is 0 Å². The zero-order valence-corrected chi connectivity index (χ0v) is 5.38. The van der Waals surface area contributed by atoms with Crippen molar-refractivity contribution in [3.05, 3.63) is 0 Å². The molecule has 8 heavy (non-hydrogen) atoms. The van der Waals surface area contributed by atoms with Gasteiger partial charge in [0.15, 0.2) is 0 Å². The van der Waals surface area contributed by atoms with Crippen LogP contribution in [-0.2, 0) is 10.5 Å². The van der Waals surface area contributed by atoms with Gasteiger partial charge in [0, 0.05) is 5.88 Å². The summed E-state index contributed by atoms with van der Waals surface area (Å²) < 4.78 is 34.2. The fourth-order valence-corrected chi connectivity index (χ4v) is 0.629. The number of halogens is 3. The standard InChI is InChI=1S/C2H4ClF2NOS/c3-1-2-6-8(4,5)7/h1-2H2. The number of hydrogen-bond donors (Lipinski definition) is 0. The molecule has 50 valence electrons. The smallest absolute Gasteiger partial charge is 0.181 e. The highest BCUT2D eigenvalue weighted by atomic mass is 35.5. The van der Waals surface area contributed by atoms with E-state index in [2.05, 4.69) is 4.36 Å². The second-order valence-corrected chi connectivity index (χ2v) is 2.37. The maximum absolute atomic E-state index is 11.2. The van der Waals surface area contributed by atoms with Crippen LogP contribution in [0.1, 0.15) is 0 Å². The minimum atomic E-state index is -4.90. The molecule has 0 aliphatic carbocycles. The lowest BCUT2D eigenvalue weighted by Gasteiger charge is -1.81. The van der Waals surface area contributed by atoms with Crippen LogP contribution in [0.5, 0.6) is 0 Å². The summed E-state index contributed by atoms with van der Waals surface area (Å²) in [5.74, 6) is -0.0230. The molecule has 0 rings (SSSR count). The van der Waals surface area contributed by atoms with E-state index in [1.165, 1.54) is 0 Å². The van der Waals surface area contributed by atoms with E-state index in [0.29, 0.717) is 0 Å². The predicted octanol–water partition coefficient (Wildman–Crippen LogP) is 1.46. The highest BCUT2D eigenvalue weighted by Crippen LogP contribution is 1.97. The zero-order chi connectivity index (χ0) is 6.62. The average molecular weight is 164 g/mol. The molecule has 0 aliphatic heterocycles. The molecule has 0 N–H and O–H groups in total. The summed E-state index contributed by atoms with van der Waals surface area (Å²) in [5, 5.41) is 0. The Labute approximate surface area is 51.6 Å². The Bertz CT molecular complexity index is 155. The van der Waals surface area contributed by atoms with Gasteiger partial charge in [0.05, 0.1) is 6.54 Å². The minimum Gasteiger partial charge on any atom is -0.181 e. The van der Waals surface area contributed by atoms with Crippen LogP contribution in [0.15, 0.2) is 4.36 Å². The molecule has 0 aliphatic rings. The lowest BCUT2D eigenvalue weighted by atomic mass is 10.8. The van der Waals surface area contributed by atoms with E-state index >= 15 is 0 Å². The molecule has 0 aromatic heterocycles. The molecule has 6 heteroatoms. The Hall–Kier alpha value is 0.1000. The monoisotopic (exact) mass is 163 g/mol. The van der Waals surface area contributed by atoms with Gasteiger partial charge >= 0.3 is 10.5 Å². The molecule has 0 saturated carbocycles. The van der Waals surface area contributed by atoms with Gasteiger partial charge in [0.2, 0.25) is 0 Å². The van der Waals surface area contributed by atoms with Crippen molar-refractivity contribution >= 4 is 22.1 Å². The first-order valence-corrected chi connectivity index (χ1v) is 3.59. The summed E-state index contributed by atoms with van der Waals surface area (Å²) in [7, 11) is -4.90. The van der Waals surface area contributed by atoms with E-state index in [1.54, 1.807) is 0 Å². The minimum absolute atomic E-state index is 0.0230. The highest BCUT2D eigenvalue weighted by molar-refractivity contribution is 7.83. The maximum Gasteiger partial charge on any atom is 0.366 e. The van der Waals surface area contributed by atoms with Crippen molar-refractivity contribution in [2.24, 2.45) is 4.36 Å². The van der Waals surface area contributed by atoms with Crippen molar-refractivity contribution in [2.75, 3.05) is 12.4 Å². The van der Waals surface area contributed by atoms with Gasteiger partial charge in [-0.05, 0) is 0 Å². The Morgan fingerprint density at radius 2 is 2.12 bits per heavy atom. The van der Waals surface area contributed by atoms with E-state index < -0.39 is 10.5 Å². The van der Waals surface area contributed by atoms with Gasteiger partial charge in [0.1, 0.15) is 0 Å². The average Bonchev–Trinajstić information content (AvgIpc) is 1.59. The Balaban J connectivity index is 3.78. The molecule has 0 unspecified atom stereocenters. The SMILES string of the molecule is O=S(F)(F)=NCCCl. The number of rotatable bonds is 2. The molecule has 0 aromatic rings. The van der Waals surface area contributed by atoms with Crippen LogP contribution in [0, 0.1) is 0 Å². The van der Waals surface area contributed by atoms with Crippen LogP contribution in [-0.4, -0.2) is 16.6 Å². The molecule has 0 bridgehead atoms. The fraction of sp³-hybridized carbons (Fsp3) is 1.00. The van der Waals surface area contributed by atoms with Crippen molar-refractivity contribution in [1.82, 2.24) is 0 Å². The third-order valence-electron chi connectivity index (χ3n) is 0.326. The molecule has 0 aromatic carbocycles. The Kier molecular flexibility index (Phi) is 3.23. The van der Waals surface area contributed by atoms with Crippen LogP contribution in [0.2, 0.25) is 0 Å². The summed E-state index contributed by atoms with van der Waals surface area (Å²) in [4.78, 5) is 0. The van der Waals surface area contributed by atoms with Crippen LogP contribution in [0.25, 0.3) is 0 Å². The molecule has 0 radical (unpaired) electrons. The quantitative estimate of drug-likeness (QED) is 0.448. The summed E-state index contributed by atoms with van der Waals surface area (Å²) in [6, 6.07) is 0. The molecule has 0 spiro atoms. The second kappa shape index (κ2) is 3.19. The zero-order valence-electron chi connectivity index (χ0n) is 3.81. The molecule has 0 heterocycles. The maximum atomic E-state index is 11.2. The first-order valence-electron chi connectivity index (χ1n) is 1.74. The van der Waals surface area contributed by atoms with E-state index in [0.717, 1.165) is 0 Å². The highest BCUT2D eigenvalue weighted by Gasteiger charge is 1.96. The summed E-state index contributed by atoms with van der Waals surface area (Å²) in [6.07, 6.45) is 0. The van der Waals surface area contributed by atoms with Gasteiger partial charge in [-0.25, -0.2) is 0 Å². The van der Waals surface area contributed by atoms with Crippen molar-refractivity contribution < 1.29 is 12.0 Å². The van der Waals surface area contributed by atoms with Gasteiger partial charge in [0.25, 0.3) is 0 Å².